The number of nitrogens with two attached hydrogens (primary N) is 1. The van der Waals surface area contributed by atoms with E-state index in [1.165, 1.54) is 9.78 Å². The minimum Gasteiger partial charge on any atom is -0.375 e. The monoisotopic (exact) mass is 450 g/mol. The van der Waals surface area contributed by atoms with E-state index in [-0.39, 0.29) is 17.9 Å². The summed E-state index contributed by atoms with van der Waals surface area (Å²) in [6.07, 6.45) is 3.42. The van der Waals surface area contributed by atoms with Gasteiger partial charge in [-0.2, -0.15) is 0 Å². The van der Waals surface area contributed by atoms with Gasteiger partial charge in [0.2, 0.25) is 5.91 Å². The van der Waals surface area contributed by atoms with E-state index in [0.717, 1.165) is 51.0 Å². The van der Waals surface area contributed by atoms with Crippen molar-refractivity contribution in [1.29, 1.82) is 0 Å². The van der Waals surface area contributed by atoms with Gasteiger partial charge in [-0.05, 0) is 65.2 Å². The molecular weight excluding hydrogens is 412 g/mol. The number of carbonyl (C=O) groups is 2. The predicted octanol–water partition coefficient (Wildman–Crippen LogP) is 2.05. The molecule has 0 spiro atoms. The van der Waals surface area contributed by atoms with Crippen molar-refractivity contribution in [3.05, 3.63) is 10.6 Å². The SMILES string of the molecule is CCNC(=O)N(CCCN(CC)CC)C(=O)[C@@H]1C[C@@H]2Cc3nc(N)sc3CC2N(C)C1. The van der Waals surface area contributed by atoms with Gasteiger partial charge in [-0.1, -0.05) is 13.8 Å². The van der Waals surface area contributed by atoms with Gasteiger partial charge in [-0.25, -0.2) is 9.78 Å². The molecule has 2 heterocycles. The van der Waals surface area contributed by atoms with Gasteiger partial charge in [-0.15, -0.1) is 11.3 Å². The highest BCUT2D eigenvalue weighted by Gasteiger charge is 2.42. The van der Waals surface area contributed by atoms with E-state index in [0.29, 0.717) is 36.7 Å². The Morgan fingerprint density at radius 1 is 1.23 bits per heavy atom. The van der Waals surface area contributed by atoms with Crippen LogP contribution in [0.1, 0.15) is 44.2 Å². The summed E-state index contributed by atoms with van der Waals surface area (Å²) in [6, 6.07) is 0.145. The van der Waals surface area contributed by atoms with E-state index in [9.17, 15) is 9.59 Å². The maximum absolute atomic E-state index is 13.5. The minimum absolute atomic E-state index is 0.0422. The molecule has 9 heteroatoms. The third-order valence-electron chi connectivity index (χ3n) is 6.79. The summed E-state index contributed by atoms with van der Waals surface area (Å²) in [6.45, 7) is 10.7. The molecule has 3 amide bonds. The zero-order valence-corrected chi connectivity index (χ0v) is 20.2. The number of likely N-dealkylation sites (tertiary alicyclic amines) is 1. The number of amides is 3. The Morgan fingerprint density at radius 3 is 2.65 bits per heavy atom. The van der Waals surface area contributed by atoms with E-state index < -0.39 is 0 Å². The first-order valence-corrected chi connectivity index (χ1v) is 12.4. The zero-order chi connectivity index (χ0) is 22.5. The van der Waals surface area contributed by atoms with Crippen molar-refractivity contribution in [2.45, 2.75) is 52.5 Å². The number of anilines is 1. The van der Waals surface area contributed by atoms with Crippen LogP contribution < -0.4 is 11.1 Å². The Balaban J connectivity index is 1.68. The number of fused-ring (bicyclic) bond motifs is 2. The summed E-state index contributed by atoms with van der Waals surface area (Å²) >= 11 is 1.59. The summed E-state index contributed by atoms with van der Waals surface area (Å²) in [5, 5.41) is 3.47. The lowest BCUT2D eigenvalue weighted by Gasteiger charge is -2.45. The number of rotatable bonds is 8. The smallest absolute Gasteiger partial charge is 0.324 e. The normalized spacial score (nSPS) is 23.3. The molecular formula is C22H38N6O2S. The van der Waals surface area contributed by atoms with E-state index in [2.05, 4.69) is 41.0 Å². The molecule has 1 aromatic heterocycles. The van der Waals surface area contributed by atoms with Gasteiger partial charge in [0, 0.05) is 30.6 Å². The van der Waals surface area contributed by atoms with Gasteiger partial charge in [0.25, 0.3) is 0 Å². The molecule has 31 heavy (non-hydrogen) atoms. The van der Waals surface area contributed by atoms with Crippen LogP contribution in [0, 0.1) is 11.8 Å². The third-order valence-corrected chi connectivity index (χ3v) is 7.74. The number of urea groups is 1. The zero-order valence-electron chi connectivity index (χ0n) is 19.4. The number of thiazole rings is 1. The lowest BCUT2D eigenvalue weighted by Crippen LogP contribution is -2.55. The predicted molar refractivity (Wildman–Crippen MR) is 125 cm³/mol. The molecule has 3 N–H and O–H groups in total. The van der Waals surface area contributed by atoms with Gasteiger partial charge in [0.15, 0.2) is 5.13 Å². The summed E-state index contributed by atoms with van der Waals surface area (Å²) in [5.41, 5.74) is 7.03. The van der Waals surface area contributed by atoms with Crippen LogP contribution in [0.2, 0.25) is 0 Å². The van der Waals surface area contributed by atoms with Crippen molar-refractivity contribution < 1.29 is 9.59 Å². The number of carbonyl (C=O) groups excluding carboxylic acids is 2. The summed E-state index contributed by atoms with van der Waals surface area (Å²) in [7, 11) is 2.10. The molecule has 3 atom stereocenters. The molecule has 1 aliphatic carbocycles. The average molecular weight is 451 g/mol. The molecule has 0 radical (unpaired) electrons. The maximum Gasteiger partial charge on any atom is 0.324 e. The van der Waals surface area contributed by atoms with E-state index in [1.807, 2.05) is 6.92 Å². The number of hydrogen-bond acceptors (Lipinski definition) is 7. The Kier molecular flexibility index (Phi) is 8.30. The fraction of sp³-hybridized carbons (Fsp3) is 0.773. The fourth-order valence-electron chi connectivity index (χ4n) is 5.09. The highest BCUT2D eigenvalue weighted by atomic mass is 32.1. The number of imide groups is 1. The number of piperidine rings is 1. The highest BCUT2D eigenvalue weighted by Crippen LogP contribution is 2.39. The van der Waals surface area contributed by atoms with Crippen LogP contribution in [0.5, 0.6) is 0 Å². The molecule has 1 aromatic rings. The molecule has 1 aliphatic heterocycles. The topological polar surface area (TPSA) is 94.8 Å². The van der Waals surface area contributed by atoms with Crippen LogP contribution in [0.25, 0.3) is 0 Å². The molecule has 2 aliphatic rings. The Hall–Kier alpha value is -1.71. The van der Waals surface area contributed by atoms with Crippen LogP contribution in [0.15, 0.2) is 0 Å². The van der Waals surface area contributed by atoms with Crippen molar-refractivity contribution in [2.75, 3.05) is 52.0 Å². The number of nitrogen functional groups attached to an aromatic ring is 1. The first kappa shape index (κ1) is 23.9. The first-order valence-electron chi connectivity index (χ1n) is 11.6. The van der Waals surface area contributed by atoms with Crippen molar-refractivity contribution in [3.8, 4) is 0 Å². The molecule has 8 nitrogen and oxygen atoms in total. The Bertz CT molecular complexity index is 765. The standard InChI is InChI=1S/C22H38N6O2S/c1-5-24-22(30)28(10-8-9-27(6-2)7-3)20(29)16-11-15-12-17-19(31-21(23)25-17)13-18(15)26(4)14-16/h15-16,18H,5-14H2,1-4H3,(H2,23,25)(H,24,30)/t15-,16-,18?/m1/s1. The molecule has 3 rings (SSSR count). The number of nitrogens with one attached hydrogen (secondary N) is 1. The van der Waals surface area contributed by atoms with Gasteiger partial charge in [0.05, 0.1) is 11.6 Å². The van der Waals surface area contributed by atoms with Gasteiger partial charge in [-0.3, -0.25) is 9.69 Å². The lowest BCUT2D eigenvalue weighted by atomic mass is 9.75. The first-order chi connectivity index (χ1) is 14.9. The molecule has 174 valence electrons. The molecule has 1 fully saturated rings. The molecule has 1 unspecified atom stereocenters. The highest BCUT2D eigenvalue weighted by molar-refractivity contribution is 7.15. The third kappa shape index (κ3) is 5.56. The van der Waals surface area contributed by atoms with Gasteiger partial charge < -0.3 is 20.9 Å². The number of aromatic nitrogens is 1. The number of likely N-dealkylation sites (N-methyl/N-ethyl adjacent to an activating group) is 1. The van der Waals surface area contributed by atoms with E-state index in [4.69, 9.17) is 5.73 Å². The molecule has 0 saturated carbocycles. The fourth-order valence-corrected chi connectivity index (χ4v) is 6.00. The van der Waals surface area contributed by atoms with Crippen molar-refractivity contribution in [3.63, 3.8) is 0 Å². The summed E-state index contributed by atoms with van der Waals surface area (Å²) in [5.74, 6) is 0.160. The van der Waals surface area contributed by atoms with Crippen molar-refractivity contribution >= 4 is 28.4 Å². The maximum atomic E-state index is 13.5. The van der Waals surface area contributed by atoms with Gasteiger partial charge in [0.1, 0.15) is 0 Å². The van der Waals surface area contributed by atoms with Crippen molar-refractivity contribution in [2.24, 2.45) is 11.8 Å². The number of hydrogen-bond donors (Lipinski definition) is 2. The van der Waals surface area contributed by atoms with Crippen LogP contribution >= 0.6 is 11.3 Å². The van der Waals surface area contributed by atoms with E-state index >= 15 is 0 Å². The quantitative estimate of drug-likeness (QED) is 0.629. The van der Waals surface area contributed by atoms with Crippen LogP contribution in [0.4, 0.5) is 9.93 Å². The second-order valence-electron chi connectivity index (χ2n) is 8.74. The minimum atomic E-state index is -0.268. The second-order valence-corrected chi connectivity index (χ2v) is 9.85. The Morgan fingerprint density at radius 2 is 1.97 bits per heavy atom. The van der Waals surface area contributed by atoms with Crippen LogP contribution in [0.3, 0.4) is 0 Å². The molecule has 1 saturated heterocycles. The van der Waals surface area contributed by atoms with Crippen LogP contribution in [-0.4, -0.2) is 84.0 Å². The van der Waals surface area contributed by atoms with Crippen molar-refractivity contribution in [1.82, 2.24) is 25.0 Å². The summed E-state index contributed by atoms with van der Waals surface area (Å²) in [4.78, 5) is 38.1. The Labute approximate surface area is 190 Å². The number of nitrogens with zero attached hydrogens (tertiary/aromatic N) is 4. The van der Waals surface area contributed by atoms with E-state index in [1.54, 1.807) is 11.3 Å². The molecule has 0 bridgehead atoms. The van der Waals surface area contributed by atoms with Gasteiger partial charge >= 0.3 is 6.03 Å². The molecule has 0 aromatic carbocycles. The van der Waals surface area contributed by atoms with Crippen LogP contribution in [-0.2, 0) is 17.6 Å². The lowest BCUT2D eigenvalue weighted by molar-refractivity contribution is -0.136. The summed E-state index contributed by atoms with van der Waals surface area (Å²) < 4.78 is 0. The largest absolute Gasteiger partial charge is 0.375 e. The average Bonchev–Trinajstić information content (AvgIpc) is 3.11. The second kappa shape index (κ2) is 10.7.